The van der Waals surface area contributed by atoms with Crippen LogP contribution in [0.4, 0.5) is 0 Å². The minimum absolute atomic E-state index is 0.101. The van der Waals surface area contributed by atoms with Crippen molar-refractivity contribution in [3.05, 3.63) is 0 Å². The number of nitrogens with one attached hydrogen (secondary N) is 1. The van der Waals surface area contributed by atoms with Crippen LogP contribution in [0.15, 0.2) is 0 Å². The van der Waals surface area contributed by atoms with Crippen molar-refractivity contribution in [2.24, 2.45) is 0 Å². The van der Waals surface area contributed by atoms with Gasteiger partial charge in [-0.2, -0.15) is 0 Å². The standard InChI is InChI=1S/C8H19NO3/c1-11-6-2-3-9-4-7-12-8-5-10/h9-10H,2-8H2,1H3. The molecule has 0 bridgehead atoms. The molecule has 0 atom stereocenters. The summed E-state index contributed by atoms with van der Waals surface area (Å²) >= 11 is 0. The molecule has 0 unspecified atom stereocenters. The Morgan fingerprint density at radius 3 is 2.67 bits per heavy atom. The quantitative estimate of drug-likeness (QED) is 0.471. The van der Waals surface area contributed by atoms with Crippen molar-refractivity contribution < 1.29 is 14.6 Å². The lowest BCUT2D eigenvalue weighted by Gasteiger charge is -2.04. The molecule has 0 aliphatic carbocycles. The first kappa shape index (κ1) is 11.8. The molecule has 0 aliphatic rings. The van der Waals surface area contributed by atoms with Gasteiger partial charge in [-0.3, -0.25) is 0 Å². The summed E-state index contributed by atoms with van der Waals surface area (Å²) in [5.74, 6) is 0. The van der Waals surface area contributed by atoms with Crippen LogP contribution in [0.3, 0.4) is 0 Å². The van der Waals surface area contributed by atoms with E-state index in [4.69, 9.17) is 14.6 Å². The molecular weight excluding hydrogens is 158 g/mol. The fourth-order valence-corrected chi connectivity index (χ4v) is 0.777. The lowest BCUT2D eigenvalue weighted by atomic mass is 10.4. The Bertz CT molecular complexity index is 70.7. The highest BCUT2D eigenvalue weighted by molar-refractivity contribution is 4.45. The van der Waals surface area contributed by atoms with E-state index in [2.05, 4.69) is 5.32 Å². The predicted molar refractivity (Wildman–Crippen MR) is 47.3 cm³/mol. The summed E-state index contributed by atoms with van der Waals surface area (Å²) in [4.78, 5) is 0. The van der Waals surface area contributed by atoms with E-state index in [0.717, 1.165) is 26.1 Å². The average molecular weight is 177 g/mol. The maximum absolute atomic E-state index is 8.38. The Balaban J connectivity index is 2.73. The summed E-state index contributed by atoms with van der Waals surface area (Å²) in [6.07, 6.45) is 1.02. The molecule has 0 aromatic heterocycles. The number of aliphatic hydroxyl groups excluding tert-OH is 1. The molecule has 74 valence electrons. The van der Waals surface area contributed by atoms with Crippen molar-refractivity contribution in [1.29, 1.82) is 0 Å². The molecule has 0 heterocycles. The van der Waals surface area contributed by atoms with E-state index in [1.165, 1.54) is 0 Å². The van der Waals surface area contributed by atoms with Gasteiger partial charge in [-0.15, -0.1) is 0 Å². The first-order chi connectivity index (χ1) is 5.91. The van der Waals surface area contributed by atoms with E-state index in [9.17, 15) is 0 Å². The Morgan fingerprint density at radius 1 is 1.17 bits per heavy atom. The molecular formula is C8H19NO3. The van der Waals surface area contributed by atoms with Gasteiger partial charge in [-0.05, 0) is 13.0 Å². The zero-order valence-electron chi connectivity index (χ0n) is 7.71. The fourth-order valence-electron chi connectivity index (χ4n) is 0.777. The van der Waals surface area contributed by atoms with Crippen LogP contribution in [0.25, 0.3) is 0 Å². The first-order valence-electron chi connectivity index (χ1n) is 4.30. The summed E-state index contributed by atoms with van der Waals surface area (Å²) in [5, 5.41) is 11.6. The number of hydrogen-bond acceptors (Lipinski definition) is 4. The van der Waals surface area contributed by atoms with Gasteiger partial charge in [0.2, 0.25) is 0 Å². The van der Waals surface area contributed by atoms with Gasteiger partial charge >= 0.3 is 0 Å². The molecule has 0 amide bonds. The third kappa shape index (κ3) is 9.84. The molecule has 12 heavy (non-hydrogen) atoms. The minimum Gasteiger partial charge on any atom is -0.394 e. The maximum Gasteiger partial charge on any atom is 0.0698 e. The molecule has 0 aromatic rings. The highest BCUT2D eigenvalue weighted by Gasteiger charge is 1.88. The Kier molecular flexibility index (Phi) is 10.7. The largest absolute Gasteiger partial charge is 0.394 e. The molecule has 0 saturated heterocycles. The number of rotatable bonds is 9. The average Bonchev–Trinajstić information content (AvgIpc) is 2.10. The van der Waals surface area contributed by atoms with Crippen molar-refractivity contribution in [2.45, 2.75) is 6.42 Å². The molecule has 2 N–H and O–H groups in total. The highest BCUT2D eigenvalue weighted by Crippen LogP contribution is 1.77. The van der Waals surface area contributed by atoms with Crippen LogP contribution in [0.1, 0.15) is 6.42 Å². The van der Waals surface area contributed by atoms with Crippen molar-refractivity contribution in [3.8, 4) is 0 Å². The third-order valence-electron chi connectivity index (χ3n) is 1.36. The van der Waals surface area contributed by atoms with Gasteiger partial charge < -0.3 is 19.9 Å². The molecule has 0 rings (SSSR count). The van der Waals surface area contributed by atoms with Gasteiger partial charge in [-0.25, -0.2) is 0 Å². The molecule has 0 fully saturated rings. The number of methoxy groups -OCH3 is 1. The van der Waals surface area contributed by atoms with Crippen LogP contribution in [0.2, 0.25) is 0 Å². The van der Waals surface area contributed by atoms with E-state index >= 15 is 0 Å². The number of hydrogen-bond donors (Lipinski definition) is 2. The lowest BCUT2D eigenvalue weighted by Crippen LogP contribution is -2.22. The smallest absolute Gasteiger partial charge is 0.0698 e. The lowest BCUT2D eigenvalue weighted by molar-refractivity contribution is 0.0936. The van der Waals surface area contributed by atoms with Crippen LogP contribution >= 0.6 is 0 Å². The monoisotopic (exact) mass is 177 g/mol. The zero-order chi connectivity index (χ0) is 9.07. The van der Waals surface area contributed by atoms with Crippen molar-refractivity contribution in [3.63, 3.8) is 0 Å². The summed E-state index contributed by atoms with van der Waals surface area (Å²) in [6.45, 7) is 3.78. The number of ether oxygens (including phenoxy) is 2. The summed E-state index contributed by atoms with van der Waals surface area (Å²) in [5.41, 5.74) is 0. The molecule has 0 aromatic carbocycles. The van der Waals surface area contributed by atoms with Crippen LogP contribution < -0.4 is 5.32 Å². The molecule has 0 aliphatic heterocycles. The van der Waals surface area contributed by atoms with Gasteiger partial charge in [-0.1, -0.05) is 0 Å². The van der Waals surface area contributed by atoms with Gasteiger partial charge in [0.05, 0.1) is 19.8 Å². The van der Waals surface area contributed by atoms with Crippen LogP contribution in [0.5, 0.6) is 0 Å². The van der Waals surface area contributed by atoms with Gasteiger partial charge in [0.25, 0.3) is 0 Å². The molecule has 0 saturated carbocycles. The van der Waals surface area contributed by atoms with Gasteiger partial charge in [0.15, 0.2) is 0 Å². The zero-order valence-corrected chi connectivity index (χ0v) is 7.71. The summed E-state index contributed by atoms with van der Waals surface area (Å²) in [7, 11) is 1.70. The van der Waals surface area contributed by atoms with Crippen molar-refractivity contribution in [1.82, 2.24) is 5.32 Å². The van der Waals surface area contributed by atoms with E-state index in [1.807, 2.05) is 0 Å². The minimum atomic E-state index is 0.101. The SMILES string of the molecule is COCCCNCCOCCO. The van der Waals surface area contributed by atoms with E-state index in [-0.39, 0.29) is 6.61 Å². The number of aliphatic hydroxyl groups is 1. The molecule has 4 heteroatoms. The van der Waals surface area contributed by atoms with Crippen LogP contribution in [-0.4, -0.2) is 51.7 Å². The summed E-state index contributed by atoms with van der Waals surface area (Å²) < 4.78 is 9.93. The Labute approximate surface area is 73.9 Å². The maximum atomic E-state index is 8.38. The molecule has 0 radical (unpaired) electrons. The second-order valence-corrected chi connectivity index (χ2v) is 2.43. The van der Waals surface area contributed by atoms with E-state index < -0.39 is 0 Å². The van der Waals surface area contributed by atoms with E-state index in [0.29, 0.717) is 13.2 Å². The highest BCUT2D eigenvalue weighted by atomic mass is 16.5. The third-order valence-corrected chi connectivity index (χ3v) is 1.36. The topological polar surface area (TPSA) is 50.7 Å². The van der Waals surface area contributed by atoms with Crippen molar-refractivity contribution >= 4 is 0 Å². The van der Waals surface area contributed by atoms with Gasteiger partial charge in [0.1, 0.15) is 0 Å². The Morgan fingerprint density at radius 2 is 2.00 bits per heavy atom. The second kappa shape index (κ2) is 10.8. The van der Waals surface area contributed by atoms with Crippen LogP contribution in [0, 0.1) is 0 Å². The summed E-state index contributed by atoms with van der Waals surface area (Å²) in [6, 6.07) is 0. The van der Waals surface area contributed by atoms with Crippen LogP contribution in [-0.2, 0) is 9.47 Å². The van der Waals surface area contributed by atoms with Crippen molar-refractivity contribution in [2.75, 3.05) is 46.6 Å². The second-order valence-electron chi connectivity index (χ2n) is 2.43. The normalized spacial score (nSPS) is 10.5. The van der Waals surface area contributed by atoms with Gasteiger partial charge in [0, 0.05) is 20.3 Å². The molecule has 0 spiro atoms. The predicted octanol–water partition coefficient (Wildman–Crippen LogP) is -0.379. The fraction of sp³-hybridized carbons (Fsp3) is 1.00. The van der Waals surface area contributed by atoms with E-state index in [1.54, 1.807) is 7.11 Å². The first-order valence-corrected chi connectivity index (χ1v) is 4.30. The Hall–Kier alpha value is -0.160. The molecule has 4 nitrogen and oxygen atoms in total.